The number of para-hydroxylation sites is 1. The van der Waals surface area contributed by atoms with Crippen LogP contribution in [0, 0.1) is 0 Å². The van der Waals surface area contributed by atoms with Crippen molar-refractivity contribution in [2.45, 2.75) is 12.6 Å². The molecule has 1 aromatic rings. The number of rotatable bonds is 6. The van der Waals surface area contributed by atoms with Gasteiger partial charge in [-0.1, -0.05) is 6.07 Å². The zero-order valence-corrected chi connectivity index (χ0v) is 12.1. The fourth-order valence-corrected chi connectivity index (χ4v) is 2.19. The smallest absolute Gasteiger partial charge is 0.387 e. The molecule has 0 unspecified atom stereocenters. The Hall–Kier alpha value is -1.37. The first-order valence-electron chi connectivity index (χ1n) is 6.07. The minimum Gasteiger partial charge on any atom is -0.387 e. The van der Waals surface area contributed by atoms with Gasteiger partial charge in [-0.3, -0.25) is 4.79 Å². The molecule has 0 aliphatic rings. The quantitative estimate of drug-likeness (QED) is 0.793. The van der Waals surface area contributed by atoms with Gasteiger partial charge in [0, 0.05) is 13.6 Å². The number of halogens is 3. The number of anilines is 1. The number of carbonyl (C=O) groups is 1. The van der Waals surface area contributed by atoms with Crippen LogP contribution in [0.15, 0.2) is 18.2 Å². The van der Waals surface area contributed by atoms with Crippen LogP contribution in [-0.4, -0.2) is 31.5 Å². The summed E-state index contributed by atoms with van der Waals surface area (Å²) < 4.78 is 38.6. The maximum Gasteiger partial charge on any atom is 0.418 e. The molecule has 112 valence electrons. The fourth-order valence-electron chi connectivity index (χ4n) is 1.76. The Balaban J connectivity index is 2.92. The van der Waals surface area contributed by atoms with Gasteiger partial charge in [0.25, 0.3) is 5.91 Å². The van der Waals surface area contributed by atoms with E-state index in [-0.39, 0.29) is 11.3 Å². The van der Waals surface area contributed by atoms with Gasteiger partial charge in [-0.2, -0.15) is 24.9 Å². The van der Waals surface area contributed by atoms with E-state index in [9.17, 15) is 18.0 Å². The van der Waals surface area contributed by atoms with E-state index >= 15 is 0 Å². The molecule has 3 nitrogen and oxygen atoms in total. The minimum absolute atomic E-state index is 0.00600. The van der Waals surface area contributed by atoms with Crippen LogP contribution >= 0.6 is 11.8 Å². The van der Waals surface area contributed by atoms with E-state index in [1.54, 1.807) is 11.8 Å². The fraction of sp³-hybridized carbons (Fsp3) is 0.462. The average Bonchev–Trinajstić information content (AvgIpc) is 2.41. The molecule has 0 aliphatic carbocycles. The highest BCUT2D eigenvalue weighted by Gasteiger charge is 2.34. The second-order valence-electron chi connectivity index (χ2n) is 4.08. The molecule has 0 heterocycles. The largest absolute Gasteiger partial charge is 0.418 e. The predicted molar refractivity (Wildman–Crippen MR) is 76.3 cm³/mol. The van der Waals surface area contributed by atoms with Gasteiger partial charge in [0.2, 0.25) is 0 Å². The number of nitrogens with one attached hydrogen (secondary N) is 2. The van der Waals surface area contributed by atoms with Gasteiger partial charge < -0.3 is 10.6 Å². The summed E-state index contributed by atoms with van der Waals surface area (Å²) >= 11 is 1.65. The van der Waals surface area contributed by atoms with Crippen LogP contribution in [-0.2, 0) is 6.18 Å². The third-order valence-corrected chi connectivity index (χ3v) is 3.37. The molecule has 0 spiro atoms. The summed E-state index contributed by atoms with van der Waals surface area (Å²) in [7, 11) is 1.37. The summed E-state index contributed by atoms with van der Waals surface area (Å²) in [6.07, 6.45) is -1.76. The monoisotopic (exact) mass is 306 g/mol. The first-order chi connectivity index (χ1) is 9.41. The summed E-state index contributed by atoms with van der Waals surface area (Å²) in [5.74, 6) is 0.392. The van der Waals surface area contributed by atoms with E-state index in [1.807, 2.05) is 6.26 Å². The molecule has 0 atom stereocenters. The second-order valence-corrected chi connectivity index (χ2v) is 5.06. The van der Waals surface area contributed by atoms with Crippen LogP contribution in [0.1, 0.15) is 22.3 Å². The van der Waals surface area contributed by atoms with Crippen molar-refractivity contribution in [1.82, 2.24) is 5.32 Å². The van der Waals surface area contributed by atoms with Crippen molar-refractivity contribution in [2.24, 2.45) is 0 Å². The highest BCUT2D eigenvalue weighted by Crippen LogP contribution is 2.36. The van der Waals surface area contributed by atoms with Gasteiger partial charge in [-0.15, -0.1) is 0 Å². The van der Waals surface area contributed by atoms with E-state index in [1.165, 1.54) is 19.2 Å². The van der Waals surface area contributed by atoms with Crippen LogP contribution in [0.3, 0.4) is 0 Å². The SMILES string of the molecule is CNc1c(C(=O)NCCCSC)cccc1C(F)(F)F. The number of carbonyl (C=O) groups excluding carboxylic acids is 1. The molecule has 20 heavy (non-hydrogen) atoms. The summed E-state index contributed by atoms with van der Waals surface area (Å²) in [5, 5.41) is 5.10. The van der Waals surface area contributed by atoms with Crippen LogP contribution in [0.25, 0.3) is 0 Å². The van der Waals surface area contributed by atoms with Crippen molar-refractivity contribution in [3.8, 4) is 0 Å². The van der Waals surface area contributed by atoms with Gasteiger partial charge in [0.1, 0.15) is 0 Å². The van der Waals surface area contributed by atoms with Crippen molar-refractivity contribution in [3.63, 3.8) is 0 Å². The molecule has 0 aliphatic heterocycles. The molecule has 1 aromatic carbocycles. The molecule has 0 saturated heterocycles. The number of amides is 1. The number of thioether (sulfide) groups is 1. The third kappa shape index (κ3) is 4.33. The first-order valence-corrected chi connectivity index (χ1v) is 7.46. The molecule has 0 fully saturated rings. The van der Waals surface area contributed by atoms with E-state index in [0.29, 0.717) is 6.54 Å². The van der Waals surface area contributed by atoms with Gasteiger partial charge in [0.15, 0.2) is 0 Å². The average molecular weight is 306 g/mol. The van der Waals surface area contributed by atoms with Crippen LogP contribution in [0.2, 0.25) is 0 Å². The van der Waals surface area contributed by atoms with Gasteiger partial charge in [0.05, 0.1) is 16.8 Å². The Morgan fingerprint density at radius 3 is 2.60 bits per heavy atom. The lowest BCUT2D eigenvalue weighted by molar-refractivity contribution is -0.136. The van der Waals surface area contributed by atoms with E-state index in [4.69, 9.17) is 0 Å². The Kier molecular flexibility index (Phi) is 6.19. The molecule has 0 bridgehead atoms. The summed E-state index contributed by atoms with van der Waals surface area (Å²) in [6, 6.07) is 3.57. The normalized spacial score (nSPS) is 11.2. The van der Waals surface area contributed by atoms with Crippen molar-refractivity contribution in [3.05, 3.63) is 29.3 Å². The Morgan fingerprint density at radius 2 is 2.05 bits per heavy atom. The van der Waals surface area contributed by atoms with Gasteiger partial charge >= 0.3 is 6.18 Å². The summed E-state index contributed by atoms with van der Waals surface area (Å²) in [4.78, 5) is 11.9. The maximum absolute atomic E-state index is 12.9. The van der Waals surface area contributed by atoms with E-state index in [0.717, 1.165) is 18.2 Å². The van der Waals surface area contributed by atoms with Gasteiger partial charge in [-0.25, -0.2) is 0 Å². The van der Waals surface area contributed by atoms with Crippen LogP contribution in [0.4, 0.5) is 18.9 Å². The molecule has 0 saturated carbocycles. The lowest BCUT2D eigenvalue weighted by atomic mass is 10.1. The first kappa shape index (κ1) is 16.7. The topological polar surface area (TPSA) is 41.1 Å². The van der Waals surface area contributed by atoms with Crippen LogP contribution in [0.5, 0.6) is 0 Å². The molecule has 2 N–H and O–H groups in total. The standard InChI is InChI=1S/C13H17F3N2OS/c1-17-11-9(12(19)18-7-4-8-20-2)5-3-6-10(11)13(14,15)16/h3,5-6,17H,4,7-8H2,1-2H3,(H,18,19). The number of hydrogen-bond donors (Lipinski definition) is 2. The summed E-state index contributed by atoms with van der Waals surface area (Å²) in [5.41, 5.74) is -1.02. The molecule has 1 amide bonds. The van der Waals surface area contributed by atoms with Crippen molar-refractivity contribution in [2.75, 3.05) is 30.9 Å². The molecular formula is C13H17F3N2OS. The second kappa shape index (κ2) is 7.42. The Morgan fingerprint density at radius 1 is 1.35 bits per heavy atom. The summed E-state index contributed by atoms with van der Waals surface area (Å²) in [6.45, 7) is 0.444. The predicted octanol–water partition coefficient (Wildman–Crippen LogP) is 3.23. The number of hydrogen-bond acceptors (Lipinski definition) is 3. The highest BCUT2D eigenvalue weighted by atomic mass is 32.2. The zero-order valence-electron chi connectivity index (χ0n) is 11.3. The number of benzene rings is 1. The van der Waals surface area contributed by atoms with Crippen molar-refractivity contribution < 1.29 is 18.0 Å². The van der Waals surface area contributed by atoms with E-state index < -0.39 is 17.6 Å². The zero-order chi connectivity index (χ0) is 15.2. The number of alkyl halides is 3. The Bertz CT molecular complexity index is 463. The van der Waals surface area contributed by atoms with Crippen molar-refractivity contribution >= 4 is 23.4 Å². The van der Waals surface area contributed by atoms with E-state index in [2.05, 4.69) is 10.6 Å². The lowest BCUT2D eigenvalue weighted by Gasteiger charge is -2.16. The minimum atomic E-state index is -4.49. The lowest BCUT2D eigenvalue weighted by Crippen LogP contribution is -2.26. The molecule has 0 aromatic heterocycles. The van der Waals surface area contributed by atoms with Crippen molar-refractivity contribution in [1.29, 1.82) is 0 Å². The third-order valence-electron chi connectivity index (χ3n) is 2.68. The molecule has 0 radical (unpaired) electrons. The van der Waals surface area contributed by atoms with Crippen LogP contribution < -0.4 is 10.6 Å². The molecule has 1 rings (SSSR count). The van der Waals surface area contributed by atoms with Gasteiger partial charge in [-0.05, 0) is 30.6 Å². The Labute approximate surface area is 120 Å². The maximum atomic E-state index is 12.9. The highest BCUT2D eigenvalue weighted by molar-refractivity contribution is 7.98. The molecule has 7 heteroatoms. The molecular weight excluding hydrogens is 289 g/mol.